The number of amides is 1. The molecule has 0 atom stereocenters. The van der Waals surface area contributed by atoms with Crippen LogP contribution < -0.4 is 10.1 Å². The van der Waals surface area contributed by atoms with E-state index in [4.69, 9.17) is 4.74 Å². The lowest BCUT2D eigenvalue weighted by atomic mass is 10.3. The Kier molecular flexibility index (Phi) is 4.16. The molecule has 110 valence electrons. The van der Waals surface area contributed by atoms with Crippen LogP contribution in [0, 0.1) is 0 Å². The van der Waals surface area contributed by atoms with Gasteiger partial charge >= 0.3 is 0 Å². The Morgan fingerprint density at radius 2 is 2.00 bits per heavy atom. The van der Waals surface area contributed by atoms with Gasteiger partial charge in [-0.15, -0.1) is 0 Å². The average Bonchev–Trinajstić information content (AvgIpc) is 2.90. The molecule has 0 saturated carbocycles. The Bertz CT molecular complexity index is 825. The van der Waals surface area contributed by atoms with Gasteiger partial charge < -0.3 is 4.74 Å². The molecular weight excluding hydrogens is 296 g/mol. The van der Waals surface area contributed by atoms with Crippen molar-refractivity contribution in [3.63, 3.8) is 0 Å². The number of carbonyl (C=O) groups is 1. The van der Waals surface area contributed by atoms with Crippen molar-refractivity contribution in [2.24, 2.45) is 0 Å². The fraction of sp³-hybridized carbons (Fsp3) is 0.0588. The molecule has 3 aromatic rings. The van der Waals surface area contributed by atoms with Crippen molar-refractivity contribution >= 4 is 32.6 Å². The molecule has 0 aliphatic carbocycles. The summed E-state index contributed by atoms with van der Waals surface area (Å²) in [5, 5.41) is 3.32. The summed E-state index contributed by atoms with van der Waals surface area (Å²) in [5.41, 5.74) is 0.834. The molecule has 5 heteroatoms. The minimum atomic E-state index is -0.178. The SMILES string of the molecule is C/C=C/C(=O)Nc1nc2ccc(Oc3ccccc3)cc2s1. The predicted molar refractivity (Wildman–Crippen MR) is 89.6 cm³/mol. The Labute approximate surface area is 132 Å². The zero-order chi connectivity index (χ0) is 15.4. The Hall–Kier alpha value is -2.66. The molecule has 0 spiro atoms. The lowest BCUT2D eigenvalue weighted by molar-refractivity contribution is -0.111. The second-order valence-electron chi connectivity index (χ2n) is 4.55. The van der Waals surface area contributed by atoms with Crippen LogP contribution >= 0.6 is 11.3 Å². The molecule has 1 N–H and O–H groups in total. The molecule has 2 aromatic carbocycles. The lowest BCUT2D eigenvalue weighted by Crippen LogP contribution is -2.06. The molecule has 0 bridgehead atoms. The van der Waals surface area contributed by atoms with E-state index < -0.39 is 0 Å². The first-order valence-electron chi connectivity index (χ1n) is 6.82. The molecule has 0 aliphatic rings. The van der Waals surface area contributed by atoms with E-state index in [1.165, 1.54) is 17.4 Å². The zero-order valence-electron chi connectivity index (χ0n) is 11.9. The van der Waals surface area contributed by atoms with E-state index >= 15 is 0 Å². The number of rotatable bonds is 4. The highest BCUT2D eigenvalue weighted by Crippen LogP contribution is 2.31. The number of hydrogen-bond acceptors (Lipinski definition) is 4. The van der Waals surface area contributed by atoms with E-state index in [1.807, 2.05) is 48.5 Å². The van der Waals surface area contributed by atoms with Gasteiger partial charge in [-0.05, 0) is 37.3 Å². The molecule has 1 heterocycles. The van der Waals surface area contributed by atoms with E-state index in [0.717, 1.165) is 21.7 Å². The van der Waals surface area contributed by atoms with Crippen molar-refractivity contribution in [3.8, 4) is 11.5 Å². The molecule has 22 heavy (non-hydrogen) atoms. The summed E-state index contributed by atoms with van der Waals surface area (Å²) >= 11 is 1.42. The largest absolute Gasteiger partial charge is 0.457 e. The van der Waals surface area contributed by atoms with Crippen LogP contribution in [0.3, 0.4) is 0 Å². The van der Waals surface area contributed by atoms with Crippen molar-refractivity contribution in [1.82, 2.24) is 4.98 Å². The highest BCUT2D eigenvalue weighted by Gasteiger charge is 2.07. The molecule has 4 nitrogen and oxygen atoms in total. The van der Waals surface area contributed by atoms with Crippen molar-refractivity contribution < 1.29 is 9.53 Å². The van der Waals surface area contributed by atoms with Crippen LogP contribution in [0.5, 0.6) is 11.5 Å². The third-order valence-electron chi connectivity index (χ3n) is 2.89. The number of nitrogens with zero attached hydrogens (tertiary/aromatic N) is 1. The van der Waals surface area contributed by atoms with E-state index in [9.17, 15) is 4.79 Å². The highest BCUT2D eigenvalue weighted by atomic mass is 32.1. The third kappa shape index (κ3) is 3.32. The normalized spacial score (nSPS) is 11.0. The summed E-state index contributed by atoms with van der Waals surface area (Å²) in [5.74, 6) is 1.35. The number of hydrogen-bond donors (Lipinski definition) is 1. The molecular formula is C17H14N2O2S. The van der Waals surface area contributed by atoms with E-state index in [-0.39, 0.29) is 5.91 Å². The van der Waals surface area contributed by atoms with Crippen LogP contribution in [0.1, 0.15) is 6.92 Å². The van der Waals surface area contributed by atoms with Crippen molar-refractivity contribution in [2.45, 2.75) is 6.92 Å². The van der Waals surface area contributed by atoms with Crippen LogP contribution in [-0.4, -0.2) is 10.9 Å². The maximum absolute atomic E-state index is 11.5. The van der Waals surface area contributed by atoms with E-state index in [1.54, 1.807) is 13.0 Å². The summed E-state index contributed by atoms with van der Waals surface area (Å²) in [4.78, 5) is 15.9. The second kappa shape index (κ2) is 6.41. The topological polar surface area (TPSA) is 51.2 Å². The van der Waals surface area contributed by atoms with Crippen LogP contribution in [0.2, 0.25) is 0 Å². The highest BCUT2D eigenvalue weighted by molar-refractivity contribution is 7.22. The maximum atomic E-state index is 11.5. The van der Waals surface area contributed by atoms with Gasteiger partial charge in [0.05, 0.1) is 10.2 Å². The van der Waals surface area contributed by atoms with Crippen LogP contribution in [-0.2, 0) is 4.79 Å². The molecule has 0 saturated heterocycles. The van der Waals surface area contributed by atoms with Crippen molar-refractivity contribution in [1.29, 1.82) is 0 Å². The number of nitrogens with one attached hydrogen (secondary N) is 1. The number of fused-ring (bicyclic) bond motifs is 1. The number of para-hydroxylation sites is 1. The minimum Gasteiger partial charge on any atom is -0.457 e. The summed E-state index contributed by atoms with van der Waals surface area (Å²) in [6.45, 7) is 1.80. The molecule has 1 amide bonds. The van der Waals surface area contributed by atoms with Gasteiger partial charge in [-0.3, -0.25) is 10.1 Å². The molecule has 0 unspecified atom stereocenters. The number of benzene rings is 2. The summed E-state index contributed by atoms with van der Waals surface area (Å²) in [6, 6.07) is 15.3. The van der Waals surface area contributed by atoms with Crippen LogP contribution in [0.15, 0.2) is 60.7 Å². The Morgan fingerprint density at radius 1 is 1.18 bits per heavy atom. The molecule has 0 fully saturated rings. The van der Waals surface area contributed by atoms with Gasteiger partial charge in [0.1, 0.15) is 11.5 Å². The summed E-state index contributed by atoms with van der Waals surface area (Å²) < 4.78 is 6.76. The third-order valence-corrected chi connectivity index (χ3v) is 3.82. The number of carbonyl (C=O) groups excluding carboxylic acids is 1. The Morgan fingerprint density at radius 3 is 2.77 bits per heavy atom. The van der Waals surface area contributed by atoms with E-state index in [0.29, 0.717) is 5.13 Å². The van der Waals surface area contributed by atoms with Gasteiger partial charge in [-0.1, -0.05) is 35.6 Å². The quantitative estimate of drug-likeness (QED) is 0.716. The molecule has 3 rings (SSSR count). The predicted octanol–water partition coefficient (Wildman–Crippen LogP) is 4.60. The smallest absolute Gasteiger partial charge is 0.249 e. The van der Waals surface area contributed by atoms with Gasteiger partial charge in [0, 0.05) is 6.07 Å². The first kappa shape index (κ1) is 14.3. The van der Waals surface area contributed by atoms with Crippen molar-refractivity contribution in [3.05, 3.63) is 60.7 Å². The van der Waals surface area contributed by atoms with Gasteiger partial charge in [-0.25, -0.2) is 4.98 Å². The monoisotopic (exact) mass is 310 g/mol. The first-order valence-corrected chi connectivity index (χ1v) is 7.63. The Balaban J connectivity index is 1.82. The van der Waals surface area contributed by atoms with Gasteiger partial charge in [0.25, 0.3) is 0 Å². The zero-order valence-corrected chi connectivity index (χ0v) is 12.8. The number of anilines is 1. The fourth-order valence-electron chi connectivity index (χ4n) is 1.94. The molecule has 1 aromatic heterocycles. The van der Waals surface area contributed by atoms with Gasteiger partial charge in [-0.2, -0.15) is 0 Å². The number of aromatic nitrogens is 1. The first-order chi connectivity index (χ1) is 10.7. The van der Waals surface area contributed by atoms with Crippen LogP contribution in [0.25, 0.3) is 10.2 Å². The number of ether oxygens (including phenoxy) is 1. The number of allylic oxidation sites excluding steroid dienone is 1. The standard InChI is InChI=1S/C17H14N2O2S/c1-2-6-16(20)19-17-18-14-10-9-13(11-15(14)22-17)21-12-7-4-3-5-8-12/h2-11H,1H3,(H,18,19,20)/b6-2+. The van der Waals surface area contributed by atoms with Crippen molar-refractivity contribution in [2.75, 3.05) is 5.32 Å². The minimum absolute atomic E-state index is 0.178. The van der Waals surface area contributed by atoms with E-state index in [2.05, 4.69) is 10.3 Å². The number of thiazole rings is 1. The summed E-state index contributed by atoms with van der Waals surface area (Å²) in [6.07, 6.45) is 3.16. The maximum Gasteiger partial charge on any atom is 0.249 e. The van der Waals surface area contributed by atoms with Gasteiger partial charge in [0.15, 0.2) is 5.13 Å². The second-order valence-corrected chi connectivity index (χ2v) is 5.58. The molecule has 0 aliphatic heterocycles. The fourth-order valence-corrected chi connectivity index (χ4v) is 2.84. The molecule has 0 radical (unpaired) electrons. The lowest BCUT2D eigenvalue weighted by Gasteiger charge is -2.04. The summed E-state index contributed by atoms with van der Waals surface area (Å²) in [7, 11) is 0. The average molecular weight is 310 g/mol. The van der Waals surface area contributed by atoms with Crippen LogP contribution in [0.4, 0.5) is 5.13 Å². The van der Waals surface area contributed by atoms with Gasteiger partial charge in [0.2, 0.25) is 5.91 Å².